The van der Waals surface area contributed by atoms with Crippen LogP contribution >= 0.6 is 11.8 Å². The molecule has 0 fully saturated rings. The van der Waals surface area contributed by atoms with Crippen molar-refractivity contribution >= 4 is 27.7 Å². The van der Waals surface area contributed by atoms with Crippen molar-refractivity contribution < 1.29 is 13.5 Å². The first-order valence-electron chi connectivity index (χ1n) is 5.32. The van der Waals surface area contributed by atoms with E-state index in [1.165, 1.54) is 12.1 Å². The highest BCUT2D eigenvalue weighted by molar-refractivity contribution is 8.02. The van der Waals surface area contributed by atoms with E-state index < -0.39 is 9.84 Å². The van der Waals surface area contributed by atoms with Gasteiger partial charge in [0, 0.05) is 11.3 Å². The fraction of sp³-hybridized carbons (Fsp3) is 0.333. The van der Waals surface area contributed by atoms with Gasteiger partial charge >= 0.3 is 0 Å². The Bertz CT molecular complexity index is 571. The van der Waals surface area contributed by atoms with E-state index in [2.05, 4.69) is 0 Å². The van der Waals surface area contributed by atoms with Crippen LogP contribution in [0.3, 0.4) is 0 Å². The number of hydrogen-bond donors (Lipinski definition) is 1. The lowest BCUT2D eigenvalue weighted by Crippen LogP contribution is -2.04. The van der Waals surface area contributed by atoms with Crippen LogP contribution in [0.1, 0.15) is 19.4 Å². The Morgan fingerprint density at radius 3 is 2.65 bits per heavy atom. The highest BCUT2D eigenvalue weighted by Crippen LogP contribution is 2.39. The van der Waals surface area contributed by atoms with Crippen molar-refractivity contribution in [2.24, 2.45) is 0 Å². The van der Waals surface area contributed by atoms with E-state index in [9.17, 15) is 13.5 Å². The van der Waals surface area contributed by atoms with Crippen LogP contribution in [0.2, 0.25) is 0 Å². The van der Waals surface area contributed by atoms with Gasteiger partial charge < -0.3 is 5.11 Å². The zero-order valence-corrected chi connectivity index (χ0v) is 11.3. The van der Waals surface area contributed by atoms with Gasteiger partial charge in [0.2, 0.25) is 9.84 Å². The molecule has 0 bridgehead atoms. The van der Waals surface area contributed by atoms with Crippen molar-refractivity contribution in [3.8, 4) is 5.75 Å². The Labute approximate surface area is 105 Å². The summed E-state index contributed by atoms with van der Waals surface area (Å²) in [4.78, 5) is 0.601. The normalized spacial score (nSPS) is 17.0. The van der Waals surface area contributed by atoms with Crippen molar-refractivity contribution in [3.63, 3.8) is 0 Å². The second-order valence-corrected chi connectivity index (χ2v) is 7.70. The average molecular weight is 270 g/mol. The van der Waals surface area contributed by atoms with Crippen LogP contribution in [-0.2, 0) is 9.84 Å². The summed E-state index contributed by atoms with van der Waals surface area (Å²) in [6, 6.07) is 4.59. The number of benzene rings is 1. The monoisotopic (exact) mass is 270 g/mol. The summed E-state index contributed by atoms with van der Waals surface area (Å²) in [6.45, 7) is 4.05. The lowest BCUT2D eigenvalue weighted by molar-refractivity contribution is 0.472. The molecule has 17 heavy (non-hydrogen) atoms. The smallest absolute Gasteiger partial charge is 0.204 e. The minimum Gasteiger partial charge on any atom is -0.507 e. The van der Waals surface area contributed by atoms with Crippen LogP contribution in [0.5, 0.6) is 5.75 Å². The molecule has 1 aromatic rings. The van der Waals surface area contributed by atoms with Crippen LogP contribution in [0.15, 0.2) is 28.0 Å². The zero-order chi connectivity index (χ0) is 12.6. The number of phenolic OH excluding ortho intramolecular Hbond substituents is 1. The van der Waals surface area contributed by atoms with Gasteiger partial charge in [-0.1, -0.05) is 19.9 Å². The summed E-state index contributed by atoms with van der Waals surface area (Å²) in [5.41, 5.74) is 0.423. The Hall–Kier alpha value is -0.940. The van der Waals surface area contributed by atoms with E-state index in [1.807, 2.05) is 13.8 Å². The molecule has 5 heteroatoms. The fourth-order valence-electron chi connectivity index (χ4n) is 1.66. The van der Waals surface area contributed by atoms with Crippen molar-refractivity contribution in [2.45, 2.75) is 24.0 Å². The predicted molar refractivity (Wildman–Crippen MR) is 70.9 cm³/mol. The molecule has 0 radical (unpaired) electrons. The number of fused-ring (bicyclic) bond motifs is 1. The van der Waals surface area contributed by atoms with Gasteiger partial charge in [0.1, 0.15) is 5.75 Å². The van der Waals surface area contributed by atoms with Crippen LogP contribution in [0.25, 0.3) is 6.08 Å². The maximum Gasteiger partial charge on any atom is 0.204 e. The quantitative estimate of drug-likeness (QED) is 0.917. The molecule has 1 aliphatic heterocycles. The molecule has 1 aliphatic rings. The largest absolute Gasteiger partial charge is 0.507 e. The summed E-state index contributed by atoms with van der Waals surface area (Å²) in [6.07, 6.45) is 1.58. The minimum atomic E-state index is -3.38. The Balaban J connectivity index is 2.40. The second-order valence-electron chi connectivity index (χ2n) is 4.16. The topological polar surface area (TPSA) is 54.4 Å². The molecule has 2 rings (SSSR count). The van der Waals surface area contributed by atoms with E-state index in [-0.39, 0.29) is 10.6 Å². The van der Waals surface area contributed by atoms with Gasteiger partial charge in [0.25, 0.3) is 0 Å². The number of sulfone groups is 1. The molecule has 0 unspecified atom stereocenters. The first-order chi connectivity index (χ1) is 7.93. The van der Waals surface area contributed by atoms with Crippen molar-refractivity contribution in [1.29, 1.82) is 0 Å². The highest BCUT2D eigenvalue weighted by Gasteiger charge is 2.30. The molecular weight excluding hydrogens is 256 g/mol. The van der Waals surface area contributed by atoms with Crippen LogP contribution in [-0.4, -0.2) is 24.5 Å². The molecule has 1 heterocycles. The molecule has 0 aliphatic carbocycles. The van der Waals surface area contributed by atoms with Gasteiger partial charge in [0.15, 0.2) is 0 Å². The summed E-state index contributed by atoms with van der Waals surface area (Å²) < 4.78 is 24.3. The average Bonchev–Trinajstić information content (AvgIpc) is 2.50. The summed E-state index contributed by atoms with van der Waals surface area (Å²) in [5, 5.41) is 10.0. The molecule has 1 N–H and O–H groups in total. The molecular formula is C12H14O3S2. The van der Waals surface area contributed by atoms with Crippen molar-refractivity contribution in [1.82, 2.24) is 0 Å². The van der Waals surface area contributed by atoms with E-state index in [0.29, 0.717) is 21.5 Å². The molecule has 0 aromatic heterocycles. The number of thioether (sulfide) groups is 1. The molecule has 0 amide bonds. The SMILES string of the molecule is CC(C)SCC1=Cc2c(O)cccc2S1(=O)=O. The third-order valence-corrected chi connectivity index (χ3v) is 5.76. The minimum absolute atomic E-state index is 0.0237. The van der Waals surface area contributed by atoms with Crippen LogP contribution in [0.4, 0.5) is 0 Å². The van der Waals surface area contributed by atoms with E-state index in [1.54, 1.807) is 23.9 Å². The lowest BCUT2D eigenvalue weighted by atomic mass is 10.2. The van der Waals surface area contributed by atoms with E-state index >= 15 is 0 Å². The van der Waals surface area contributed by atoms with Gasteiger partial charge in [-0.15, -0.1) is 0 Å². The molecule has 0 saturated heterocycles. The van der Waals surface area contributed by atoms with E-state index in [0.717, 1.165) is 0 Å². The summed E-state index contributed by atoms with van der Waals surface area (Å²) in [5.74, 6) is 0.476. The molecule has 92 valence electrons. The first kappa shape index (κ1) is 12.5. The molecule has 0 saturated carbocycles. The third kappa shape index (κ3) is 2.21. The van der Waals surface area contributed by atoms with Gasteiger partial charge in [0.05, 0.1) is 9.80 Å². The van der Waals surface area contributed by atoms with Crippen LogP contribution in [0, 0.1) is 0 Å². The number of hydrogen-bond acceptors (Lipinski definition) is 4. The van der Waals surface area contributed by atoms with E-state index in [4.69, 9.17) is 0 Å². The zero-order valence-electron chi connectivity index (χ0n) is 9.67. The van der Waals surface area contributed by atoms with Gasteiger partial charge in [-0.2, -0.15) is 11.8 Å². The van der Waals surface area contributed by atoms with Crippen molar-refractivity contribution in [3.05, 3.63) is 28.7 Å². The molecule has 3 nitrogen and oxygen atoms in total. The number of aromatic hydroxyl groups is 1. The van der Waals surface area contributed by atoms with Gasteiger partial charge in [-0.25, -0.2) is 8.42 Å². The van der Waals surface area contributed by atoms with Gasteiger partial charge in [-0.05, 0) is 23.5 Å². The highest BCUT2D eigenvalue weighted by atomic mass is 32.2. The lowest BCUT2D eigenvalue weighted by Gasteiger charge is -2.06. The Kier molecular flexibility index (Phi) is 3.23. The molecule has 0 atom stereocenters. The third-order valence-electron chi connectivity index (χ3n) is 2.54. The maximum absolute atomic E-state index is 12.2. The van der Waals surface area contributed by atoms with Gasteiger partial charge in [-0.3, -0.25) is 0 Å². The molecule has 0 spiro atoms. The van der Waals surface area contributed by atoms with Crippen LogP contribution < -0.4 is 0 Å². The number of rotatable bonds is 3. The Morgan fingerprint density at radius 2 is 2.06 bits per heavy atom. The Morgan fingerprint density at radius 1 is 1.35 bits per heavy atom. The fourth-order valence-corrected chi connectivity index (χ4v) is 4.33. The maximum atomic E-state index is 12.2. The standard InChI is InChI=1S/C12H14O3S2/c1-8(2)16-7-9-6-10-11(13)4-3-5-12(10)17(9,14)15/h3-6,8,13H,7H2,1-2H3. The first-order valence-corrected chi connectivity index (χ1v) is 7.85. The van der Waals surface area contributed by atoms with Crippen molar-refractivity contribution in [2.75, 3.05) is 5.75 Å². The second kappa shape index (κ2) is 4.38. The predicted octanol–water partition coefficient (Wildman–Crippen LogP) is 2.66. The molecule has 1 aromatic carbocycles. The summed E-state index contributed by atoms with van der Waals surface area (Å²) >= 11 is 1.58. The number of phenols is 1. The summed E-state index contributed by atoms with van der Waals surface area (Å²) in [7, 11) is -3.38.